The zero-order valence-electron chi connectivity index (χ0n) is 8.63. The van der Waals surface area contributed by atoms with Crippen LogP contribution in [0.5, 0.6) is 0 Å². The van der Waals surface area contributed by atoms with Crippen molar-refractivity contribution in [3.05, 3.63) is 11.6 Å². The van der Waals surface area contributed by atoms with Crippen LogP contribution in [-0.2, 0) is 14.3 Å². The molecular weight excluding hydrogens is 168 g/mol. The normalized spacial score (nSPS) is 9.77. The molecule has 3 nitrogen and oxygen atoms in total. The number of ether oxygens (including phenoxy) is 2. The minimum absolute atomic E-state index is 0.0854. The van der Waals surface area contributed by atoms with Crippen LogP contribution in [0.2, 0.25) is 0 Å². The van der Waals surface area contributed by atoms with Crippen LogP contribution in [0.1, 0.15) is 19.8 Å². The number of hydrogen-bond acceptors (Lipinski definition) is 3. The maximum Gasteiger partial charge on any atom is 0.152 e. The molecule has 0 atom stereocenters. The lowest BCUT2D eigenvalue weighted by atomic mass is 10.1. The Bertz CT molecular complexity index is 163. The third-order valence-corrected chi connectivity index (χ3v) is 1.66. The van der Waals surface area contributed by atoms with Crippen molar-refractivity contribution >= 4 is 5.78 Å². The number of methoxy groups -OCH3 is 2. The Hall–Kier alpha value is -0.670. The van der Waals surface area contributed by atoms with Crippen LogP contribution < -0.4 is 0 Å². The SMILES string of the molecule is COCCC(=CC(C)=O)CCOC. The fourth-order valence-corrected chi connectivity index (χ4v) is 1.02. The highest BCUT2D eigenvalue weighted by atomic mass is 16.5. The fraction of sp³-hybridized carbons (Fsp3) is 0.700. The minimum Gasteiger partial charge on any atom is -0.384 e. The molecule has 13 heavy (non-hydrogen) atoms. The van der Waals surface area contributed by atoms with E-state index in [4.69, 9.17) is 9.47 Å². The highest BCUT2D eigenvalue weighted by Crippen LogP contribution is 2.07. The van der Waals surface area contributed by atoms with Gasteiger partial charge in [0.25, 0.3) is 0 Å². The molecule has 0 aromatic rings. The quantitative estimate of drug-likeness (QED) is 0.566. The average Bonchev–Trinajstić information content (AvgIpc) is 2.09. The second-order valence-electron chi connectivity index (χ2n) is 2.90. The summed E-state index contributed by atoms with van der Waals surface area (Å²) in [6.07, 6.45) is 3.27. The van der Waals surface area contributed by atoms with E-state index in [1.165, 1.54) is 0 Å². The van der Waals surface area contributed by atoms with Crippen LogP contribution in [0.4, 0.5) is 0 Å². The molecule has 3 heteroatoms. The molecule has 0 aliphatic rings. The van der Waals surface area contributed by atoms with Gasteiger partial charge in [0.2, 0.25) is 0 Å². The van der Waals surface area contributed by atoms with Gasteiger partial charge >= 0.3 is 0 Å². The van der Waals surface area contributed by atoms with E-state index in [0.29, 0.717) is 13.2 Å². The fourth-order valence-electron chi connectivity index (χ4n) is 1.02. The molecule has 76 valence electrons. The van der Waals surface area contributed by atoms with Gasteiger partial charge in [0, 0.05) is 27.4 Å². The van der Waals surface area contributed by atoms with E-state index < -0.39 is 0 Å². The van der Waals surface area contributed by atoms with Gasteiger partial charge in [0.1, 0.15) is 0 Å². The minimum atomic E-state index is 0.0854. The number of ketones is 1. The summed E-state index contributed by atoms with van der Waals surface area (Å²) in [5.74, 6) is 0.0854. The zero-order chi connectivity index (χ0) is 10.1. The van der Waals surface area contributed by atoms with Gasteiger partial charge in [0.15, 0.2) is 5.78 Å². The maximum atomic E-state index is 10.8. The monoisotopic (exact) mass is 186 g/mol. The number of allylic oxidation sites excluding steroid dienone is 1. The molecule has 0 radical (unpaired) electrons. The first-order chi connectivity index (χ1) is 6.20. The summed E-state index contributed by atoms with van der Waals surface area (Å²) in [7, 11) is 3.31. The number of rotatable bonds is 7. The predicted molar refractivity (Wildman–Crippen MR) is 51.8 cm³/mol. The van der Waals surface area contributed by atoms with Crippen LogP contribution >= 0.6 is 0 Å². The third-order valence-electron chi connectivity index (χ3n) is 1.66. The van der Waals surface area contributed by atoms with Gasteiger partial charge in [-0.15, -0.1) is 0 Å². The molecule has 0 aromatic carbocycles. The lowest BCUT2D eigenvalue weighted by Crippen LogP contribution is -1.99. The first kappa shape index (κ1) is 12.3. The molecule has 0 saturated heterocycles. The van der Waals surface area contributed by atoms with E-state index in [1.54, 1.807) is 27.2 Å². The van der Waals surface area contributed by atoms with Crippen LogP contribution in [0.3, 0.4) is 0 Å². The first-order valence-electron chi connectivity index (χ1n) is 4.38. The molecule has 0 unspecified atom stereocenters. The molecule has 0 aliphatic carbocycles. The van der Waals surface area contributed by atoms with E-state index in [9.17, 15) is 4.79 Å². The maximum absolute atomic E-state index is 10.8. The molecule has 0 aromatic heterocycles. The Morgan fingerprint density at radius 1 is 1.15 bits per heavy atom. The van der Waals surface area contributed by atoms with E-state index in [1.807, 2.05) is 0 Å². The molecule has 0 spiro atoms. The van der Waals surface area contributed by atoms with E-state index in [2.05, 4.69) is 0 Å². The summed E-state index contributed by atoms with van der Waals surface area (Å²) in [6.45, 7) is 2.87. The topological polar surface area (TPSA) is 35.5 Å². The summed E-state index contributed by atoms with van der Waals surface area (Å²) < 4.78 is 9.88. The van der Waals surface area contributed by atoms with Crippen molar-refractivity contribution in [2.75, 3.05) is 27.4 Å². The molecule has 0 fully saturated rings. The van der Waals surface area contributed by atoms with Gasteiger partial charge in [-0.25, -0.2) is 0 Å². The van der Waals surface area contributed by atoms with Crippen LogP contribution in [0.15, 0.2) is 11.6 Å². The lowest BCUT2D eigenvalue weighted by Gasteiger charge is -2.05. The molecular formula is C10H18O3. The van der Waals surface area contributed by atoms with Crippen LogP contribution in [-0.4, -0.2) is 33.2 Å². The van der Waals surface area contributed by atoms with Crippen LogP contribution in [0, 0.1) is 0 Å². The van der Waals surface area contributed by atoms with E-state index in [0.717, 1.165) is 18.4 Å². The largest absolute Gasteiger partial charge is 0.384 e. The number of hydrogen-bond donors (Lipinski definition) is 0. The predicted octanol–water partition coefficient (Wildman–Crippen LogP) is 1.57. The summed E-state index contributed by atoms with van der Waals surface area (Å²) in [5, 5.41) is 0. The third kappa shape index (κ3) is 7.68. The van der Waals surface area contributed by atoms with Gasteiger partial charge in [-0.05, 0) is 25.8 Å². The summed E-state index contributed by atoms with van der Waals surface area (Å²) in [6, 6.07) is 0. The summed E-state index contributed by atoms with van der Waals surface area (Å²) in [4.78, 5) is 10.8. The highest BCUT2D eigenvalue weighted by molar-refractivity contribution is 5.87. The van der Waals surface area contributed by atoms with Crippen molar-refractivity contribution in [2.24, 2.45) is 0 Å². The molecule has 0 heterocycles. The number of carbonyl (C=O) groups excluding carboxylic acids is 1. The summed E-state index contributed by atoms with van der Waals surface area (Å²) in [5.41, 5.74) is 1.09. The average molecular weight is 186 g/mol. The van der Waals surface area contributed by atoms with Gasteiger partial charge in [-0.3, -0.25) is 4.79 Å². The second kappa shape index (κ2) is 7.95. The van der Waals surface area contributed by atoms with Crippen molar-refractivity contribution in [1.29, 1.82) is 0 Å². The zero-order valence-corrected chi connectivity index (χ0v) is 8.63. The lowest BCUT2D eigenvalue weighted by molar-refractivity contribution is -0.112. The smallest absolute Gasteiger partial charge is 0.152 e. The van der Waals surface area contributed by atoms with Gasteiger partial charge in [0.05, 0.1) is 0 Å². The first-order valence-corrected chi connectivity index (χ1v) is 4.38. The van der Waals surface area contributed by atoms with E-state index in [-0.39, 0.29) is 5.78 Å². The Labute approximate surface area is 79.7 Å². The van der Waals surface area contributed by atoms with Crippen molar-refractivity contribution < 1.29 is 14.3 Å². The molecule has 0 amide bonds. The van der Waals surface area contributed by atoms with E-state index >= 15 is 0 Å². The Balaban J connectivity index is 3.94. The Morgan fingerprint density at radius 3 is 1.92 bits per heavy atom. The highest BCUT2D eigenvalue weighted by Gasteiger charge is 1.99. The molecule has 0 rings (SSSR count). The van der Waals surface area contributed by atoms with Crippen molar-refractivity contribution in [3.8, 4) is 0 Å². The molecule has 0 bridgehead atoms. The summed E-state index contributed by atoms with van der Waals surface area (Å²) >= 11 is 0. The second-order valence-corrected chi connectivity index (χ2v) is 2.90. The number of carbonyl (C=O) groups is 1. The standard InChI is InChI=1S/C10H18O3/c1-9(11)8-10(4-6-12-2)5-7-13-3/h8H,4-7H2,1-3H3. The molecule has 0 aliphatic heterocycles. The van der Waals surface area contributed by atoms with Gasteiger partial charge in [-0.1, -0.05) is 5.57 Å². The Morgan fingerprint density at radius 2 is 1.62 bits per heavy atom. The van der Waals surface area contributed by atoms with Gasteiger partial charge < -0.3 is 9.47 Å². The van der Waals surface area contributed by atoms with Crippen molar-refractivity contribution in [3.63, 3.8) is 0 Å². The van der Waals surface area contributed by atoms with Crippen LogP contribution in [0.25, 0.3) is 0 Å². The van der Waals surface area contributed by atoms with Crippen molar-refractivity contribution in [1.82, 2.24) is 0 Å². The molecule has 0 N–H and O–H groups in total. The Kier molecular flexibility index (Phi) is 7.54. The van der Waals surface area contributed by atoms with Crippen molar-refractivity contribution in [2.45, 2.75) is 19.8 Å². The molecule has 0 saturated carbocycles. The van der Waals surface area contributed by atoms with Gasteiger partial charge in [-0.2, -0.15) is 0 Å².